The SMILES string of the molecule is Nn1c(SCCSc2ccc(Cl)cc2)nnc1-c1cccc(F)c1. The van der Waals surface area contributed by atoms with E-state index >= 15 is 0 Å². The van der Waals surface area contributed by atoms with E-state index in [2.05, 4.69) is 10.2 Å². The van der Waals surface area contributed by atoms with Crippen LogP contribution >= 0.6 is 35.1 Å². The lowest BCUT2D eigenvalue weighted by Crippen LogP contribution is -2.11. The molecule has 0 radical (unpaired) electrons. The molecule has 0 bridgehead atoms. The molecule has 2 N–H and O–H groups in total. The zero-order chi connectivity index (χ0) is 16.9. The Morgan fingerprint density at radius 2 is 1.79 bits per heavy atom. The molecule has 1 aromatic heterocycles. The van der Waals surface area contributed by atoms with E-state index in [1.807, 2.05) is 24.3 Å². The van der Waals surface area contributed by atoms with E-state index in [1.54, 1.807) is 23.9 Å². The highest BCUT2D eigenvalue weighted by Crippen LogP contribution is 2.25. The predicted molar refractivity (Wildman–Crippen MR) is 98.5 cm³/mol. The molecular formula is C16H14ClFN4S2. The lowest BCUT2D eigenvalue weighted by atomic mass is 10.2. The molecule has 24 heavy (non-hydrogen) atoms. The summed E-state index contributed by atoms with van der Waals surface area (Å²) in [5, 5.41) is 9.47. The maximum atomic E-state index is 13.3. The number of aromatic nitrogens is 3. The molecule has 0 saturated heterocycles. The van der Waals surface area contributed by atoms with Crippen LogP contribution < -0.4 is 5.84 Å². The number of nitrogen functional groups attached to an aromatic ring is 1. The van der Waals surface area contributed by atoms with Gasteiger partial charge in [0.2, 0.25) is 5.16 Å². The third-order valence-electron chi connectivity index (χ3n) is 3.14. The minimum atomic E-state index is -0.330. The summed E-state index contributed by atoms with van der Waals surface area (Å²) >= 11 is 9.11. The summed E-state index contributed by atoms with van der Waals surface area (Å²) in [7, 11) is 0. The Hall–Kier alpha value is -1.70. The van der Waals surface area contributed by atoms with Crippen molar-refractivity contribution in [3.05, 3.63) is 59.4 Å². The maximum absolute atomic E-state index is 13.3. The minimum Gasteiger partial charge on any atom is -0.335 e. The molecule has 0 atom stereocenters. The standard InChI is InChI=1S/C16H14ClFN4S2/c17-12-4-6-14(7-5-12)23-8-9-24-16-21-20-15(22(16)19)11-2-1-3-13(18)10-11/h1-7,10H,8-9,19H2. The second-order valence-electron chi connectivity index (χ2n) is 4.84. The average molecular weight is 381 g/mol. The molecule has 1 heterocycles. The largest absolute Gasteiger partial charge is 0.335 e. The van der Waals surface area contributed by atoms with Crippen LogP contribution in [0.15, 0.2) is 58.6 Å². The van der Waals surface area contributed by atoms with Gasteiger partial charge < -0.3 is 5.84 Å². The highest BCUT2D eigenvalue weighted by atomic mass is 35.5. The second kappa shape index (κ2) is 7.92. The monoisotopic (exact) mass is 380 g/mol. The van der Waals surface area contributed by atoms with Crippen molar-refractivity contribution in [3.63, 3.8) is 0 Å². The number of halogens is 2. The highest BCUT2D eigenvalue weighted by molar-refractivity contribution is 8.02. The summed E-state index contributed by atoms with van der Waals surface area (Å²) in [6.07, 6.45) is 0. The third kappa shape index (κ3) is 4.23. The molecule has 0 aliphatic rings. The number of hydrogen-bond acceptors (Lipinski definition) is 5. The Morgan fingerprint density at radius 1 is 1.04 bits per heavy atom. The van der Waals surface area contributed by atoms with Crippen LogP contribution in [-0.4, -0.2) is 26.4 Å². The molecule has 3 aromatic rings. The van der Waals surface area contributed by atoms with Crippen molar-refractivity contribution in [1.29, 1.82) is 0 Å². The normalized spacial score (nSPS) is 10.9. The van der Waals surface area contributed by atoms with Crippen LogP contribution in [0.4, 0.5) is 4.39 Å². The van der Waals surface area contributed by atoms with Gasteiger partial charge in [0.1, 0.15) is 5.82 Å². The van der Waals surface area contributed by atoms with Gasteiger partial charge >= 0.3 is 0 Å². The van der Waals surface area contributed by atoms with Gasteiger partial charge in [0.15, 0.2) is 5.82 Å². The van der Waals surface area contributed by atoms with E-state index in [0.29, 0.717) is 16.5 Å². The van der Waals surface area contributed by atoms with Gasteiger partial charge in [0.05, 0.1) is 0 Å². The van der Waals surface area contributed by atoms with Gasteiger partial charge in [-0.15, -0.1) is 22.0 Å². The zero-order valence-corrected chi connectivity index (χ0v) is 14.9. The van der Waals surface area contributed by atoms with E-state index in [1.165, 1.54) is 28.6 Å². The van der Waals surface area contributed by atoms with Gasteiger partial charge in [-0.25, -0.2) is 9.07 Å². The quantitative estimate of drug-likeness (QED) is 0.391. The Morgan fingerprint density at radius 3 is 2.54 bits per heavy atom. The summed E-state index contributed by atoms with van der Waals surface area (Å²) in [6.45, 7) is 0. The van der Waals surface area contributed by atoms with Crippen molar-refractivity contribution in [3.8, 4) is 11.4 Å². The van der Waals surface area contributed by atoms with E-state index in [-0.39, 0.29) is 5.82 Å². The average Bonchev–Trinajstić information content (AvgIpc) is 2.94. The van der Waals surface area contributed by atoms with Gasteiger partial charge in [-0.05, 0) is 36.4 Å². The van der Waals surface area contributed by atoms with Crippen molar-refractivity contribution in [2.75, 3.05) is 17.3 Å². The first kappa shape index (κ1) is 17.1. The summed E-state index contributed by atoms with van der Waals surface area (Å²) in [5.74, 6) is 7.86. The molecule has 0 aliphatic carbocycles. The van der Waals surface area contributed by atoms with Crippen LogP contribution in [0.25, 0.3) is 11.4 Å². The van der Waals surface area contributed by atoms with Crippen LogP contribution in [0.5, 0.6) is 0 Å². The summed E-state index contributed by atoms with van der Waals surface area (Å²) in [4.78, 5) is 1.16. The van der Waals surface area contributed by atoms with Crippen LogP contribution in [0.1, 0.15) is 0 Å². The molecule has 124 valence electrons. The van der Waals surface area contributed by atoms with Gasteiger partial charge in [-0.1, -0.05) is 35.5 Å². The Kier molecular flexibility index (Phi) is 5.65. The summed E-state index contributed by atoms with van der Waals surface area (Å²) in [6, 6.07) is 13.9. The number of nitrogens with zero attached hydrogens (tertiary/aromatic N) is 3. The number of hydrogen-bond donors (Lipinski definition) is 1. The number of nitrogens with two attached hydrogens (primary N) is 1. The fraction of sp³-hybridized carbons (Fsp3) is 0.125. The Balaban J connectivity index is 1.57. The topological polar surface area (TPSA) is 56.7 Å². The van der Waals surface area contributed by atoms with Gasteiger partial charge in [0, 0.05) is 27.0 Å². The first-order valence-electron chi connectivity index (χ1n) is 7.11. The molecular weight excluding hydrogens is 367 g/mol. The van der Waals surface area contributed by atoms with E-state index < -0.39 is 0 Å². The lowest BCUT2D eigenvalue weighted by molar-refractivity contribution is 0.628. The molecule has 4 nitrogen and oxygen atoms in total. The predicted octanol–water partition coefficient (Wildman–Crippen LogP) is 4.34. The van der Waals surface area contributed by atoms with E-state index in [4.69, 9.17) is 17.4 Å². The van der Waals surface area contributed by atoms with Crippen LogP contribution in [0.2, 0.25) is 5.02 Å². The Labute approximate surface area is 152 Å². The van der Waals surface area contributed by atoms with Gasteiger partial charge in [-0.2, -0.15) is 0 Å². The van der Waals surface area contributed by atoms with Gasteiger partial charge in [0.25, 0.3) is 0 Å². The smallest absolute Gasteiger partial charge is 0.210 e. The van der Waals surface area contributed by atoms with Crippen molar-refractivity contribution in [2.24, 2.45) is 0 Å². The fourth-order valence-corrected chi connectivity index (χ4v) is 3.89. The zero-order valence-electron chi connectivity index (χ0n) is 12.5. The van der Waals surface area contributed by atoms with Crippen molar-refractivity contribution >= 4 is 35.1 Å². The second-order valence-corrected chi connectivity index (χ2v) is 7.50. The molecule has 0 aliphatic heterocycles. The number of benzene rings is 2. The molecule has 0 amide bonds. The summed E-state index contributed by atoms with van der Waals surface area (Å²) in [5.41, 5.74) is 0.604. The molecule has 0 unspecified atom stereocenters. The Bertz CT molecular complexity index is 823. The van der Waals surface area contributed by atoms with Crippen molar-refractivity contribution < 1.29 is 4.39 Å². The molecule has 0 spiro atoms. The first-order valence-corrected chi connectivity index (χ1v) is 9.46. The van der Waals surface area contributed by atoms with Crippen LogP contribution in [0.3, 0.4) is 0 Å². The molecule has 2 aromatic carbocycles. The third-order valence-corrected chi connectivity index (χ3v) is 5.61. The van der Waals surface area contributed by atoms with Crippen LogP contribution in [0, 0.1) is 5.82 Å². The fourth-order valence-electron chi connectivity index (χ4n) is 2.02. The van der Waals surface area contributed by atoms with E-state index in [0.717, 1.165) is 21.4 Å². The van der Waals surface area contributed by atoms with Crippen molar-refractivity contribution in [1.82, 2.24) is 14.9 Å². The van der Waals surface area contributed by atoms with Crippen molar-refractivity contribution in [2.45, 2.75) is 10.1 Å². The number of rotatable bonds is 6. The van der Waals surface area contributed by atoms with Gasteiger partial charge in [-0.3, -0.25) is 0 Å². The molecule has 0 saturated carbocycles. The minimum absolute atomic E-state index is 0.330. The first-order chi connectivity index (χ1) is 11.6. The van der Waals surface area contributed by atoms with E-state index in [9.17, 15) is 4.39 Å². The summed E-state index contributed by atoms with van der Waals surface area (Å²) < 4.78 is 14.7. The maximum Gasteiger partial charge on any atom is 0.210 e. The van der Waals surface area contributed by atoms with Crippen LogP contribution in [-0.2, 0) is 0 Å². The molecule has 0 fully saturated rings. The lowest BCUT2D eigenvalue weighted by Gasteiger charge is -2.04. The highest BCUT2D eigenvalue weighted by Gasteiger charge is 2.12. The molecule has 3 rings (SSSR count). The molecule has 8 heteroatoms. The number of thioether (sulfide) groups is 2.